The molecule has 0 heterocycles. The number of nitrogens with one attached hydrogen (secondary N) is 1. The van der Waals surface area contributed by atoms with Crippen LogP contribution < -0.4 is 5.32 Å². The molecule has 1 atom stereocenters. The Balaban J connectivity index is 1.55. The van der Waals surface area contributed by atoms with E-state index in [0.717, 1.165) is 25.7 Å². The quantitative estimate of drug-likeness (QED) is 0.619. The van der Waals surface area contributed by atoms with Crippen LogP contribution in [0, 0.1) is 0 Å². The Morgan fingerprint density at radius 2 is 1.94 bits per heavy atom. The van der Waals surface area contributed by atoms with Crippen LogP contribution in [0.4, 0.5) is 0 Å². The van der Waals surface area contributed by atoms with Gasteiger partial charge in [-0.1, -0.05) is 19.3 Å². The van der Waals surface area contributed by atoms with Gasteiger partial charge in [-0.3, -0.25) is 0 Å². The molecule has 0 aromatic heterocycles. The minimum atomic E-state index is -0.457. The monoisotopic (exact) mass is 243 g/mol. The predicted molar refractivity (Wildman–Crippen MR) is 65.9 cm³/mol. The van der Waals surface area contributed by atoms with Crippen molar-refractivity contribution < 1.29 is 14.9 Å². The lowest BCUT2D eigenvalue weighted by Gasteiger charge is -2.24. The highest BCUT2D eigenvalue weighted by atomic mass is 16.5. The maximum Gasteiger partial charge on any atom is 0.0898 e. The molecule has 0 amide bonds. The van der Waals surface area contributed by atoms with Crippen LogP contribution in [-0.2, 0) is 4.74 Å². The van der Waals surface area contributed by atoms with Gasteiger partial charge >= 0.3 is 0 Å². The molecule has 100 valence electrons. The first-order valence-corrected chi connectivity index (χ1v) is 6.90. The minimum Gasteiger partial charge on any atom is -0.394 e. The van der Waals surface area contributed by atoms with Gasteiger partial charge in [0, 0.05) is 12.1 Å². The van der Waals surface area contributed by atoms with Crippen LogP contribution in [0.25, 0.3) is 0 Å². The molecule has 0 saturated heterocycles. The molecule has 0 bridgehead atoms. The molecule has 2 fully saturated rings. The highest BCUT2D eigenvalue weighted by Gasteiger charge is 2.41. The molecular formula is C13H25NO3. The van der Waals surface area contributed by atoms with Crippen molar-refractivity contribution in [3.63, 3.8) is 0 Å². The van der Waals surface area contributed by atoms with E-state index in [1.165, 1.54) is 19.3 Å². The Labute approximate surface area is 103 Å². The lowest BCUT2D eigenvalue weighted by Crippen LogP contribution is -2.41. The van der Waals surface area contributed by atoms with Crippen molar-refractivity contribution in [1.29, 1.82) is 0 Å². The van der Waals surface area contributed by atoms with E-state index in [2.05, 4.69) is 5.32 Å². The molecule has 4 heteroatoms. The fraction of sp³-hybridized carbons (Fsp3) is 1.00. The van der Waals surface area contributed by atoms with E-state index in [1.54, 1.807) is 0 Å². The lowest BCUT2D eigenvalue weighted by molar-refractivity contribution is -0.0243. The van der Waals surface area contributed by atoms with E-state index in [4.69, 9.17) is 9.84 Å². The second kappa shape index (κ2) is 6.14. The van der Waals surface area contributed by atoms with Crippen LogP contribution in [0.15, 0.2) is 0 Å². The fourth-order valence-electron chi connectivity index (χ4n) is 2.41. The van der Waals surface area contributed by atoms with E-state index in [-0.39, 0.29) is 12.1 Å². The number of rotatable bonds is 7. The Kier molecular flexibility index (Phi) is 4.79. The molecular weight excluding hydrogens is 218 g/mol. The van der Waals surface area contributed by atoms with Crippen LogP contribution in [-0.4, -0.2) is 47.7 Å². The zero-order valence-electron chi connectivity index (χ0n) is 10.5. The van der Waals surface area contributed by atoms with Gasteiger partial charge in [-0.15, -0.1) is 0 Å². The summed E-state index contributed by atoms with van der Waals surface area (Å²) in [4.78, 5) is 0. The highest BCUT2D eigenvalue weighted by molar-refractivity contribution is 5.01. The zero-order valence-corrected chi connectivity index (χ0v) is 10.5. The molecule has 0 aliphatic heterocycles. The number of aliphatic hydroxyl groups is 2. The van der Waals surface area contributed by atoms with Gasteiger partial charge in [0.2, 0.25) is 0 Å². The fourth-order valence-corrected chi connectivity index (χ4v) is 2.41. The predicted octanol–water partition coefficient (Wildman–Crippen LogP) is 0.811. The van der Waals surface area contributed by atoms with Gasteiger partial charge in [0.25, 0.3) is 0 Å². The van der Waals surface area contributed by atoms with Crippen molar-refractivity contribution in [3.05, 3.63) is 0 Å². The summed E-state index contributed by atoms with van der Waals surface area (Å²) in [5, 5.41) is 22.2. The standard InChI is InChI=1S/C13H25NO3/c15-10-13(6-7-13)14-8-11(16)9-17-12-4-2-1-3-5-12/h11-12,14-16H,1-10H2. The van der Waals surface area contributed by atoms with Crippen molar-refractivity contribution in [2.24, 2.45) is 0 Å². The summed E-state index contributed by atoms with van der Waals surface area (Å²) in [5.74, 6) is 0. The maximum atomic E-state index is 9.80. The van der Waals surface area contributed by atoms with Gasteiger partial charge in [0.05, 0.1) is 25.4 Å². The Morgan fingerprint density at radius 3 is 2.53 bits per heavy atom. The first-order chi connectivity index (χ1) is 8.24. The van der Waals surface area contributed by atoms with Gasteiger partial charge in [0.15, 0.2) is 0 Å². The van der Waals surface area contributed by atoms with Gasteiger partial charge in [-0.25, -0.2) is 0 Å². The van der Waals surface area contributed by atoms with Gasteiger partial charge in [-0.2, -0.15) is 0 Å². The average molecular weight is 243 g/mol. The molecule has 2 aliphatic rings. The smallest absolute Gasteiger partial charge is 0.0898 e. The SMILES string of the molecule is OCC1(NCC(O)COC2CCCCC2)CC1. The van der Waals surface area contributed by atoms with Crippen molar-refractivity contribution in [2.45, 2.75) is 62.7 Å². The minimum absolute atomic E-state index is 0.0914. The summed E-state index contributed by atoms with van der Waals surface area (Å²) in [5.41, 5.74) is -0.0914. The second-order valence-corrected chi connectivity index (χ2v) is 5.57. The van der Waals surface area contributed by atoms with Gasteiger partial charge in [-0.05, 0) is 25.7 Å². The van der Waals surface area contributed by atoms with Crippen LogP contribution in [0.2, 0.25) is 0 Å². The van der Waals surface area contributed by atoms with Crippen molar-refractivity contribution in [3.8, 4) is 0 Å². The van der Waals surface area contributed by atoms with E-state index in [9.17, 15) is 5.11 Å². The third-order valence-corrected chi connectivity index (χ3v) is 3.95. The summed E-state index contributed by atoms with van der Waals surface area (Å²) in [6, 6.07) is 0. The third kappa shape index (κ3) is 4.21. The number of ether oxygens (including phenoxy) is 1. The lowest BCUT2D eigenvalue weighted by atomic mass is 9.98. The molecule has 17 heavy (non-hydrogen) atoms. The molecule has 4 nitrogen and oxygen atoms in total. The average Bonchev–Trinajstić information content (AvgIpc) is 3.16. The zero-order chi connectivity index (χ0) is 12.1. The number of β-amino-alcohol motifs (C(OH)–C–C–N with tert-alkyl or cyclic N) is 1. The van der Waals surface area contributed by atoms with Crippen LogP contribution in [0.3, 0.4) is 0 Å². The molecule has 2 aliphatic carbocycles. The van der Waals surface area contributed by atoms with E-state index in [1.807, 2.05) is 0 Å². The molecule has 0 spiro atoms. The first kappa shape index (κ1) is 13.3. The number of aliphatic hydroxyl groups excluding tert-OH is 2. The molecule has 2 saturated carbocycles. The van der Waals surface area contributed by atoms with E-state index >= 15 is 0 Å². The first-order valence-electron chi connectivity index (χ1n) is 6.90. The van der Waals surface area contributed by atoms with Gasteiger partial charge < -0.3 is 20.3 Å². The second-order valence-electron chi connectivity index (χ2n) is 5.57. The highest BCUT2D eigenvalue weighted by Crippen LogP contribution is 2.34. The summed E-state index contributed by atoms with van der Waals surface area (Å²) >= 11 is 0. The molecule has 0 radical (unpaired) electrons. The Morgan fingerprint density at radius 1 is 1.24 bits per heavy atom. The summed E-state index contributed by atoms with van der Waals surface area (Å²) in [6.07, 6.45) is 8.04. The van der Waals surface area contributed by atoms with E-state index in [0.29, 0.717) is 19.3 Å². The van der Waals surface area contributed by atoms with Gasteiger partial charge in [0.1, 0.15) is 0 Å². The molecule has 3 N–H and O–H groups in total. The van der Waals surface area contributed by atoms with Crippen LogP contribution in [0.5, 0.6) is 0 Å². The Hall–Kier alpha value is -0.160. The molecule has 1 unspecified atom stereocenters. The summed E-state index contributed by atoms with van der Waals surface area (Å²) < 4.78 is 5.71. The summed E-state index contributed by atoms with van der Waals surface area (Å²) in [7, 11) is 0. The van der Waals surface area contributed by atoms with Crippen LogP contribution in [0.1, 0.15) is 44.9 Å². The molecule has 0 aromatic carbocycles. The molecule has 0 aromatic rings. The van der Waals surface area contributed by atoms with Crippen molar-refractivity contribution in [2.75, 3.05) is 19.8 Å². The maximum absolute atomic E-state index is 9.80. The largest absolute Gasteiger partial charge is 0.394 e. The summed E-state index contributed by atoms with van der Waals surface area (Å²) in [6.45, 7) is 1.11. The number of hydrogen-bond acceptors (Lipinski definition) is 4. The number of hydrogen-bond donors (Lipinski definition) is 3. The molecule has 2 rings (SSSR count). The van der Waals surface area contributed by atoms with Crippen LogP contribution >= 0.6 is 0 Å². The normalized spacial score (nSPS) is 25.8. The van der Waals surface area contributed by atoms with E-state index < -0.39 is 6.10 Å². The van der Waals surface area contributed by atoms with Crippen molar-refractivity contribution >= 4 is 0 Å². The topological polar surface area (TPSA) is 61.7 Å². The Bertz CT molecular complexity index is 225. The third-order valence-electron chi connectivity index (χ3n) is 3.95. The van der Waals surface area contributed by atoms with Crippen molar-refractivity contribution in [1.82, 2.24) is 5.32 Å².